The zero-order valence-corrected chi connectivity index (χ0v) is 14.5. The van der Waals surface area contributed by atoms with E-state index in [0.29, 0.717) is 18.7 Å². The fraction of sp³-hybridized carbons (Fsp3) is 0.300. The van der Waals surface area contributed by atoms with Crippen molar-refractivity contribution < 1.29 is 9.90 Å². The zero-order chi connectivity index (χ0) is 17.8. The normalized spacial score (nSPS) is 12.3. The van der Waals surface area contributed by atoms with Crippen molar-refractivity contribution in [2.45, 2.75) is 20.3 Å². The molecule has 0 saturated carbocycles. The molecule has 1 unspecified atom stereocenters. The van der Waals surface area contributed by atoms with Crippen LogP contribution in [0.25, 0.3) is 10.9 Å². The number of aliphatic hydroxyl groups is 1. The van der Waals surface area contributed by atoms with Crippen LogP contribution in [0.4, 0.5) is 0 Å². The molecule has 0 fully saturated rings. The SMILES string of the molecule is Cc1ccc2[nH]c(C(=O)NCC(CO)Cc3ccccn3)cc2c1C. The van der Waals surface area contributed by atoms with Crippen LogP contribution < -0.4 is 5.32 Å². The first kappa shape index (κ1) is 17.2. The van der Waals surface area contributed by atoms with Crippen LogP contribution in [0.5, 0.6) is 0 Å². The van der Waals surface area contributed by atoms with Gasteiger partial charge < -0.3 is 15.4 Å². The van der Waals surface area contributed by atoms with E-state index in [2.05, 4.69) is 29.1 Å². The third-order valence-electron chi connectivity index (χ3n) is 4.62. The molecule has 2 heterocycles. The van der Waals surface area contributed by atoms with Crippen LogP contribution >= 0.6 is 0 Å². The molecule has 0 bridgehead atoms. The van der Waals surface area contributed by atoms with E-state index in [9.17, 15) is 9.90 Å². The number of nitrogens with zero attached hydrogens (tertiary/aromatic N) is 1. The van der Waals surface area contributed by atoms with Crippen molar-refractivity contribution in [2.75, 3.05) is 13.2 Å². The molecule has 0 aliphatic heterocycles. The molecule has 1 atom stereocenters. The summed E-state index contributed by atoms with van der Waals surface area (Å²) in [6.07, 6.45) is 2.36. The Balaban J connectivity index is 1.66. The van der Waals surface area contributed by atoms with Crippen molar-refractivity contribution in [1.82, 2.24) is 15.3 Å². The lowest BCUT2D eigenvalue weighted by Crippen LogP contribution is -2.32. The molecule has 5 heteroatoms. The van der Waals surface area contributed by atoms with E-state index >= 15 is 0 Å². The van der Waals surface area contributed by atoms with Gasteiger partial charge in [0.15, 0.2) is 0 Å². The lowest BCUT2D eigenvalue weighted by atomic mass is 10.0. The van der Waals surface area contributed by atoms with Gasteiger partial charge in [-0.3, -0.25) is 9.78 Å². The van der Waals surface area contributed by atoms with Gasteiger partial charge in [-0.1, -0.05) is 12.1 Å². The molecule has 0 spiro atoms. The molecule has 3 N–H and O–H groups in total. The minimum Gasteiger partial charge on any atom is -0.396 e. The van der Waals surface area contributed by atoms with Crippen molar-refractivity contribution in [3.05, 3.63) is 65.1 Å². The van der Waals surface area contributed by atoms with Crippen LogP contribution in [0.1, 0.15) is 27.3 Å². The molecule has 25 heavy (non-hydrogen) atoms. The van der Waals surface area contributed by atoms with Gasteiger partial charge in [0.05, 0.1) is 0 Å². The quantitative estimate of drug-likeness (QED) is 0.647. The number of aromatic amines is 1. The largest absolute Gasteiger partial charge is 0.396 e. The number of aliphatic hydroxyl groups excluding tert-OH is 1. The highest BCUT2D eigenvalue weighted by atomic mass is 16.3. The third kappa shape index (κ3) is 3.88. The summed E-state index contributed by atoms with van der Waals surface area (Å²) in [5.74, 6) is -0.222. The molecule has 5 nitrogen and oxygen atoms in total. The first-order chi connectivity index (χ1) is 12.1. The summed E-state index contributed by atoms with van der Waals surface area (Å²) < 4.78 is 0. The number of hydrogen-bond acceptors (Lipinski definition) is 3. The van der Waals surface area contributed by atoms with Gasteiger partial charge in [0, 0.05) is 41.9 Å². The summed E-state index contributed by atoms with van der Waals surface area (Å²) in [7, 11) is 0. The monoisotopic (exact) mass is 337 g/mol. The lowest BCUT2D eigenvalue weighted by Gasteiger charge is -2.14. The second-order valence-electron chi connectivity index (χ2n) is 6.44. The van der Waals surface area contributed by atoms with Crippen LogP contribution in [0.3, 0.4) is 0 Å². The number of amides is 1. The van der Waals surface area contributed by atoms with E-state index < -0.39 is 0 Å². The molecule has 0 aliphatic carbocycles. The highest BCUT2D eigenvalue weighted by molar-refractivity contribution is 5.99. The molecular formula is C20H23N3O2. The Bertz CT molecular complexity index is 871. The maximum absolute atomic E-state index is 12.4. The van der Waals surface area contributed by atoms with Crippen molar-refractivity contribution in [2.24, 2.45) is 5.92 Å². The summed E-state index contributed by atoms with van der Waals surface area (Å²) in [6.45, 7) is 4.52. The molecule has 1 amide bonds. The van der Waals surface area contributed by atoms with Gasteiger partial charge in [0.2, 0.25) is 0 Å². The zero-order valence-electron chi connectivity index (χ0n) is 14.5. The van der Waals surface area contributed by atoms with Gasteiger partial charge in [0.1, 0.15) is 5.69 Å². The average molecular weight is 337 g/mol. The summed E-state index contributed by atoms with van der Waals surface area (Å²) >= 11 is 0. The average Bonchev–Trinajstić information content (AvgIpc) is 3.07. The third-order valence-corrected chi connectivity index (χ3v) is 4.62. The van der Waals surface area contributed by atoms with Crippen molar-refractivity contribution in [1.29, 1.82) is 0 Å². The molecule has 1 aromatic carbocycles. The molecule has 130 valence electrons. The number of aromatic nitrogens is 2. The van der Waals surface area contributed by atoms with Crippen molar-refractivity contribution in [3.8, 4) is 0 Å². The molecule has 3 rings (SSSR count). The van der Waals surface area contributed by atoms with Gasteiger partial charge in [-0.25, -0.2) is 0 Å². The Morgan fingerprint density at radius 3 is 2.84 bits per heavy atom. The lowest BCUT2D eigenvalue weighted by molar-refractivity contribution is 0.0935. The van der Waals surface area contributed by atoms with Gasteiger partial charge >= 0.3 is 0 Å². The fourth-order valence-corrected chi connectivity index (χ4v) is 2.93. The molecule has 0 radical (unpaired) electrons. The van der Waals surface area contributed by atoms with Crippen LogP contribution in [-0.4, -0.2) is 34.1 Å². The second kappa shape index (κ2) is 7.49. The Morgan fingerprint density at radius 2 is 2.12 bits per heavy atom. The minimum atomic E-state index is -0.160. The van der Waals surface area contributed by atoms with E-state index in [1.807, 2.05) is 36.4 Å². The smallest absolute Gasteiger partial charge is 0.267 e. The number of carbonyl (C=O) groups is 1. The molecular weight excluding hydrogens is 314 g/mol. The summed E-state index contributed by atoms with van der Waals surface area (Å²) in [5.41, 5.74) is 4.79. The number of benzene rings is 1. The molecule has 0 aliphatic rings. The Hall–Kier alpha value is -2.66. The first-order valence-electron chi connectivity index (χ1n) is 8.46. The number of rotatable bonds is 6. The van der Waals surface area contributed by atoms with Gasteiger partial charge in [-0.05, 0) is 55.7 Å². The number of carbonyl (C=O) groups excluding carboxylic acids is 1. The number of H-pyrrole nitrogens is 1. The standard InChI is InChI=1S/C20H23N3O2/c1-13-6-7-18-17(14(13)2)10-19(23-18)20(25)22-11-15(12-24)9-16-5-3-4-8-21-16/h3-8,10,15,23-24H,9,11-12H2,1-2H3,(H,22,25). The van der Waals surface area contributed by atoms with Crippen molar-refractivity contribution >= 4 is 16.8 Å². The van der Waals surface area contributed by atoms with Crippen LogP contribution in [0.15, 0.2) is 42.6 Å². The highest BCUT2D eigenvalue weighted by Gasteiger charge is 2.14. The molecule has 2 aromatic heterocycles. The first-order valence-corrected chi connectivity index (χ1v) is 8.46. The van der Waals surface area contributed by atoms with Gasteiger partial charge in [-0.15, -0.1) is 0 Å². The Morgan fingerprint density at radius 1 is 1.28 bits per heavy atom. The number of nitrogens with one attached hydrogen (secondary N) is 2. The number of aryl methyl sites for hydroxylation is 2. The topological polar surface area (TPSA) is 78.0 Å². The Labute approximate surface area is 147 Å². The molecule has 0 saturated heterocycles. The van der Waals surface area contributed by atoms with E-state index in [1.165, 1.54) is 11.1 Å². The van der Waals surface area contributed by atoms with E-state index in [1.54, 1.807) is 6.20 Å². The van der Waals surface area contributed by atoms with E-state index in [0.717, 1.165) is 16.6 Å². The maximum atomic E-state index is 12.4. The predicted octanol–water partition coefficient (Wildman–Crippen LogP) is 2.76. The number of hydrogen-bond donors (Lipinski definition) is 3. The molecule has 3 aromatic rings. The second-order valence-corrected chi connectivity index (χ2v) is 6.44. The summed E-state index contributed by atoms with van der Waals surface area (Å²) in [5, 5.41) is 13.5. The van der Waals surface area contributed by atoms with E-state index in [-0.39, 0.29) is 18.4 Å². The summed E-state index contributed by atoms with van der Waals surface area (Å²) in [4.78, 5) is 19.9. The van der Waals surface area contributed by atoms with Crippen LogP contribution in [0, 0.1) is 19.8 Å². The van der Waals surface area contributed by atoms with Crippen LogP contribution in [-0.2, 0) is 6.42 Å². The van der Waals surface area contributed by atoms with Crippen molar-refractivity contribution in [3.63, 3.8) is 0 Å². The maximum Gasteiger partial charge on any atom is 0.267 e. The van der Waals surface area contributed by atoms with E-state index in [4.69, 9.17) is 0 Å². The minimum absolute atomic E-state index is 0.00184. The predicted molar refractivity (Wildman–Crippen MR) is 98.6 cm³/mol. The highest BCUT2D eigenvalue weighted by Crippen LogP contribution is 2.22. The van der Waals surface area contributed by atoms with Gasteiger partial charge in [0.25, 0.3) is 5.91 Å². The Kier molecular flexibility index (Phi) is 5.14. The van der Waals surface area contributed by atoms with Gasteiger partial charge in [-0.2, -0.15) is 0 Å². The number of fused-ring (bicyclic) bond motifs is 1. The number of pyridine rings is 1. The summed E-state index contributed by atoms with van der Waals surface area (Å²) in [6, 6.07) is 11.6. The van der Waals surface area contributed by atoms with Crippen LogP contribution in [0.2, 0.25) is 0 Å². The fourth-order valence-electron chi connectivity index (χ4n) is 2.93.